The van der Waals surface area contributed by atoms with Crippen LogP contribution in [-0.4, -0.2) is 134 Å². The molecule has 1 saturated carbocycles. The molecule has 2 aromatic carbocycles. The van der Waals surface area contributed by atoms with Gasteiger partial charge in [-0.25, -0.2) is 18.2 Å². The summed E-state index contributed by atoms with van der Waals surface area (Å²) in [5, 5.41) is 23.5. The lowest BCUT2D eigenvalue weighted by molar-refractivity contribution is 0.00901. The number of aromatic nitrogens is 4. The summed E-state index contributed by atoms with van der Waals surface area (Å²) in [5.41, 5.74) is 3.81. The highest BCUT2D eigenvalue weighted by atomic mass is 79.9. The van der Waals surface area contributed by atoms with E-state index in [1.165, 1.54) is 11.4 Å². The van der Waals surface area contributed by atoms with Crippen LogP contribution >= 0.6 is 15.9 Å². The number of methoxy groups -OCH3 is 1. The van der Waals surface area contributed by atoms with Crippen molar-refractivity contribution in [1.82, 2.24) is 30.0 Å². The molecular formula is C42H57BrN10O7S. The summed E-state index contributed by atoms with van der Waals surface area (Å²) in [6.07, 6.45) is 10.8. The first-order valence-corrected chi connectivity index (χ1v) is 23.3. The maximum Gasteiger partial charge on any atom is 0.410 e. The molecule has 0 spiro atoms. The summed E-state index contributed by atoms with van der Waals surface area (Å²) in [6.45, 7) is 10.9. The normalized spacial score (nSPS) is 17.2. The predicted molar refractivity (Wildman–Crippen MR) is 240 cm³/mol. The van der Waals surface area contributed by atoms with Gasteiger partial charge in [-0.1, -0.05) is 0 Å². The topological polar surface area (TPSA) is 191 Å². The minimum atomic E-state index is -3.64. The number of nitrogens with one attached hydrogen (secondary N) is 3. The Balaban J connectivity index is 1.07. The molecule has 4 aromatic rings. The molecule has 0 atom stereocenters. The van der Waals surface area contributed by atoms with Crippen molar-refractivity contribution in [2.24, 2.45) is 5.41 Å². The summed E-state index contributed by atoms with van der Waals surface area (Å²) in [6, 6.07) is 9.67. The lowest BCUT2D eigenvalue weighted by Crippen LogP contribution is -2.55. The number of anilines is 6. The third-order valence-electron chi connectivity index (χ3n) is 11.7. The van der Waals surface area contributed by atoms with Crippen LogP contribution in [0.25, 0.3) is 11.1 Å². The zero-order chi connectivity index (χ0) is 43.5. The van der Waals surface area contributed by atoms with E-state index in [0.29, 0.717) is 64.6 Å². The Morgan fingerprint density at radius 3 is 2.41 bits per heavy atom. The van der Waals surface area contributed by atoms with E-state index < -0.39 is 15.6 Å². The van der Waals surface area contributed by atoms with Crippen molar-refractivity contribution >= 4 is 66.6 Å². The number of nitrogens with zero attached hydrogens (tertiary/aromatic N) is 7. The molecule has 0 unspecified atom stereocenters. The summed E-state index contributed by atoms with van der Waals surface area (Å²) in [4.78, 5) is 28.7. The van der Waals surface area contributed by atoms with E-state index in [0.717, 1.165) is 81.4 Å². The first-order chi connectivity index (χ1) is 29.0. The highest BCUT2D eigenvalue weighted by Gasteiger charge is 2.41. The van der Waals surface area contributed by atoms with E-state index >= 15 is 0 Å². The lowest BCUT2D eigenvalue weighted by Gasteiger charge is -2.43. The van der Waals surface area contributed by atoms with Crippen LogP contribution in [0, 0.1) is 5.41 Å². The van der Waals surface area contributed by atoms with E-state index in [9.17, 15) is 18.3 Å². The molecule has 19 heteroatoms. The van der Waals surface area contributed by atoms with E-state index in [2.05, 4.69) is 51.5 Å². The molecule has 7 rings (SSSR count). The fourth-order valence-corrected chi connectivity index (χ4v) is 8.55. The van der Waals surface area contributed by atoms with Crippen LogP contribution in [0.3, 0.4) is 0 Å². The van der Waals surface area contributed by atoms with Crippen molar-refractivity contribution in [3.05, 3.63) is 53.4 Å². The molecule has 330 valence electrons. The maximum absolute atomic E-state index is 12.8. The smallest absolute Gasteiger partial charge is 0.410 e. The third-order valence-corrected chi connectivity index (χ3v) is 13.4. The van der Waals surface area contributed by atoms with E-state index in [1.807, 2.05) is 44.0 Å². The Bertz CT molecular complexity index is 2270. The Kier molecular flexibility index (Phi) is 13.2. The molecule has 1 amide bonds. The van der Waals surface area contributed by atoms with Crippen LogP contribution in [-0.2, 0) is 14.8 Å². The van der Waals surface area contributed by atoms with Gasteiger partial charge in [-0.15, -0.1) is 0 Å². The van der Waals surface area contributed by atoms with Gasteiger partial charge in [-0.3, -0.25) is 14.3 Å². The van der Waals surface area contributed by atoms with Gasteiger partial charge >= 0.3 is 6.09 Å². The number of aliphatic hydroxyl groups excluding tert-OH is 1. The van der Waals surface area contributed by atoms with Crippen LogP contribution in [0.1, 0.15) is 52.9 Å². The summed E-state index contributed by atoms with van der Waals surface area (Å²) >= 11 is 3.56. The number of carbonyl (C=O) groups is 1. The number of hydrogen-bond acceptors (Lipinski definition) is 14. The van der Waals surface area contributed by atoms with Gasteiger partial charge in [-0.2, -0.15) is 10.1 Å². The van der Waals surface area contributed by atoms with E-state index in [-0.39, 0.29) is 24.1 Å². The number of piperidine rings is 1. The standard InChI is InChI=1S/C42H57BrN10O7S/c1-41(2,3)60-40(55)53-18-16-51(17-19-53)29-9-14-52(15-10-29)35-23-37(58-5)34(22-31(35)28-24-45-46-25-28)48-39-44-26-32(43)38(49-39)47-33-8-7-30(21-36(33)50(4)61(6,56)57)59-20-13-42(27-54)11-12-42/h7-8,21-26,29,54H,9-20,27H2,1-6H3,(H,45,46)(H2,44,47,48,49). The molecule has 4 N–H and O–H groups in total. The minimum absolute atomic E-state index is 0.0610. The summed E-state index contributed by atoms with van der Waals surface area (Å²) in [7, 11) is -0.523. The number of hydrogen-bond donors (Lipinski definition) is 4. The van der Waals surface area contributed by atoms with Crippen LogP contribution in [0.4, 0.5) is 39.3 Å². The second-order valence-electron chi connectivity index (χ2n) is 17.1. The Hall–Kier alpha value is -4.85. The predicted octanol–water partition coefficient (Wildman–Crippen LogP) is 6.58. The monoisotopic (exact) mass is 924 g/mol. The average Bonchev–Trinajstić information content (AvgIpc) is 3.80. The van der Waals surface area contributed by atoms with Crippen LogP contribution in [0.2, 0.25) is 0 Å². The van der Waals surface area contributed by atoms with Crippen molar-refractivity contribution in [2.45, 2.75) is 64.5 Å². The molecule has 61 heavy (non-hydrogen) atoms. The quantitative estimate of drug-likeness (QED) is 0.1000. The molecule has 17 nitrogen and oxygen atoms in total. The van der Waals surface area contributed by atoms with Crippen molar-refractivity contribution in [1.29, 1.82) is 0 Å². The van der Waals surface area contributed by atoms with Crippen LogP contribution < -0.4 is 29.3 Å². The maximum atomic E-state index is 12.8. The average molecular weight is 926 g/mol. The van der Waals surface area contributed by atoms with Crippen LogP contribution in [0.15, 0.2) is 53.4 Å². The van der Waals surface area contributed by atoms with Gasteiger partial charge in [0, 0.05) is 100 Å². The Morgan fingerprint density at radius 2 is 1.79 bits per heavy atom. The molecule has 3 fully saturated rings. The van der Waals surface area contributed by atoms with Crippen molar-refractivity contribution in [2.75, 3.05) is 92.7 Å². The summed E-state index contributed by atoms with van der Waals surface area (Å²) < 4.78 is 44.8. The lowest BCUT2D eigenvalue weighted by atomic mass is 9.98. The van der Waals surface area contributed by atoms with Crippen molar-refractivity contribution in [3.8, 4) is 22.6 Å². The molecule has 3 aliphatic rings. The Morgan fingerprint density at radius 1 is 1.05 bits per heavy atom. The van der Waals surface area contributed by atoms with Gasteiger partial charge in [0.1, 0.15) is 22.9 Å². The second-order valence-corrected chi connectivity index (χ2v) is 20.0. The number of halogens is 1. The van der Waals surface area contributed by atoms with Gasteiger partial charge < -0.3 is 39.8 Å². The van der Waals surface area contributed by atoms with Gasteiger partial charge in [0.15, 0.2) is 0 Å². The number of carbonyl (C=O) groups excluding carboxylic acids is 1. The van der Waals surface area contributed by atoms with Gasteiger partial charge in [0.2, 0.25) is 16.0 Å². The number of ether oxygens (including phenoxy) is 3. The Labute approximate surface area is 366 Å². The van der Waals surface area contributed by atoms with Crippen molar-refractivity contribution < 1.29 is 32.5 Å². The van der Waals surface area contributed by atoms with Crippen molar-refractivity contribution in [3.63, 3.8) is 0 Å². The molecule has 4 heterocycles. The number of rotatable bonds is 15. The number of benzene rings is 2. The first-order valence-electron chi connectivity index (χ1n) is 20.6. The number of aliphatic hydroxyl groups is 1. The molecule has 2 aliphatic heterocycles. The molecule has 1 aliphatic carbocycles. The third kappa shape index (κ3) is 10.8. The highest BCUT2D eigenvalue weighted by Crippen LogP contribution is 2.48. The molecule has 2 saturated heterocycles. The van der Waals surface area contributed by atoms with E-state index in [1.54, 1.807) is 37.7 Å². The van der Waals surface area contributed by atoms with Gasteiger partial charge in [0.25, 0.3) is 0 Å². The van der Waals surface area contributed by atoms with E-state index in [4.69, 9.17) is 19.2 Å². The van der Waals surface area contributed by atoms with Gasteiger partial charge in [-0.05, 0) is 92.4 Å². The molecular weight excluding hydrogens is 868 g/mol. The van der Waals surface area contributed by atoms with Gasteiger partial charge in [0.05, 0.1) is 47.7 Å². The largest absolute Gasteiger partial charge is 0.494 e. The SMILES string of the molecule is COc1cc(N2CCC(N3CCN(C(=O)OC(C)(C)C)CC3)CC2)c(-c2cn[nH]c2)cc1Nc1ncc(Br)c(Nc2ccc(OCCC3(CO)CC3)cc2N(C)S(C)(=O)=O)n1. The zero-order valence-electron chi connectivity index (χ0n) is 35.7. The number of amides is 1. The summed E-state index contributed by atoms with van der Waals surface area (Å²) in [5.74, 6) is 1.78. The second kappa shape index (κ2) is 18.2. The zero-order valence-corrected chi connectivity index (χ0v) is 38.1. The molecule has 0 radical (unpaired) electrons. The highest BCUT2D eigenvalue weighted by molar-refractivity contribution is 9.10. The molecule has 0 bridgehead atoms. The minimum Gasteiger partial charge on any atom is -0.494 e. The first kappa shape index (κ1) is 44.2. The number of sulfonamides is 1. The molecule has 2 aromatic heterocycles. The number of aromatic amines is 1. The number of piperazine rings is 1. The fourth-order valence-electron chi connectivity index (χ4n) is 7.75. The number of H-pyrrole nitrogens is 1. The van der Waals surface area contributed by atoms with Crippen LogP contribution in [0.5, 0.6) is 11.5 Å². The fraction of sp³-hybridized carbons (Fsp3) is 0.524.